The van der Waals surface area contributed by atoms with Gasteiger partial charge in [-0.3, -0.25) is 4.79 Å². The molecule has 4 heterocycles. The highest BCUT2D eigenvalue weighted by molar-refractivity contribution is 7.09. The molecule has 1 amide bonds. The first-order valence-electron chi connectivity index (χ1n) is 10.4. The van der Waals surface area contributed by atoms with Crippen LogP contribution in [-0.4, -0.2) is 48.9 Å². The van der Waals surface area contributed by atoms with E-state index in [0.29, 0.717) is 12.4 Å². The van der Waals surface area contributed by atoms with E-state index in [-0.39, 0.29) is 11.8 Å². The lowest BCUT2D eigenvalue weighted by molar-refractivity contribution is -0.120. The van der Waals surface area contributed by atoms with Crippen molar-refractivity contribution < 1.29 is 4.79 Å². The molecule has 0 saturated carbocycles. The van der Waals surface area contributed by atoms with Crippen molar-refractivity contribution in [3.8, 4) is 17.1 Å². The Kier molecular flexibility index (Phi) is 5.59. The van der Waals surface area contributed by atoms with Crippen molar-refractivity contribution in [3.05, 3.63) is 59.4 Å². The van der Waals surface area contributed by atoms with Gasteiger partial charge in [0.2, 0.25) is 5.91 Å². The Morgan fingerprint density at radius 1 is 1.19 bits per heavy atom. The Balaban J connectivity index is 1.25. The van der Waals surface area contributed by atoms with Crippen molar-refractivity contribution in [2.75, 3.05) is 23.3 Å². The normalized spacial score (nSPS) is 16.2. The van der Waals surface area contributed by atoms with Gasteiger partial charge in [0.05, 0.1) is 16.6 Å². The largest absolute Gasteiger partial charge is 0.354 e. The van der Waals surface area contributed by atoms with Crippen LogP contribution in [0.5, 0.6) is 0 Å². The summed E-state index contributed by atoms with van der Waals surface area (Å²) in [5, 5.41) is 18.8. The minimum Gasteiger partial charge on any atom is -0.354 e. The van der Waals surface area contributed by atoms with E-state index in [9.17, 15) is 4.79 Å². The summed E-state index contributed by atoms with van der Waals surface area (Å²) < 4.78 is 1.56. The van der Waals surface area contributed by atoms with Gasteiger partial charge in [-0.2, -0.15) is 5.10 Å². The quantitative estimate of drug-likeness (QED) is 0.502. The lowest BCUT2D eigenvalue weighted by Gasteiger charge is -2.32. The van der Waals surface area contributed by atoms with E-state index >= 15 is 0 Å². The number of nitrogens with one attached hydrogen (secondary N) is 1. The van der Waals surface area contributed by atoms with Crippen LogP contribution in [-0.2, 0) is 4.79 Å². The standard InChI is InChI=1S/C22H22N8OS/c1-15-25-19(12-32-15)16-4-2-6-18(10-16)26-22(31)17-5-3-9-29(11-17)20-7-8-21(28-27-20)30-14-23-13-24-30/h2,4,6-8,10,12-14,17H,3,5,9,11H2,1H3,(H,26,31). The van der Waals surface area contributed by atoms with Crippen LogP contribution in [0.2, 0.25) is 0 Å². The summed E-state index contributed by atoms with van der Waals surface area (Å²) in [5.74, 6) is 1.26. The van der Waals surface area contributed by atoms with Gasteiger partial charge in [-0.1, -0.05) is 12.1 Å². The first-order chi connectivity index (χ1) is 15.7. The van der Waals surface area contributed by atoms with Crippen LogP contribution < -0.4 is 10.2 Å². The molecule has 1 fully saturated rings. The molecule has 32 heavy (non-hydrogen) atoms. The van der Waals surface area contributed by atoms with Crippen LogP contribution in [0.3, 0.4) is 0 Å². The number of piperidine rings is 1. The van der Waals surface area contributed by atoms with Gasteiger partial charge in [0.25, 0.3) is 0 Å². The molecule has 1 unspecified atom stereocenters. The van der Waals surface area contributed by atoms with Gasteiger partial charge in [-0.15, -0.1) is 21.5 Å². The Labute approximate surface area is 189 Å². The third-order valence-electron chi connectivity index (χ3n) is 5.45. The number of carbonyl (C=O) groups excluding carboxylic acids is 1. The van der Waals surface area contributed by atoms with Crippen molar-refractivity contribution in [2.24, 2.45) is 5.92 Å². The molecule has 3 aromatic heterocycles. The molecule has 0 aliphatic carbocycles. The number of amides is 1. The second kappa shape index (κ2) is 8.83. The lowest BCUT2D eigenvalue weighted by atomic mass is 9.97. The summed E-state index contributed by atoms with van der Waals surface area (Å²) in [6, 6.07) is 11.6. The second-order valence-electron chi connectivity index (χ2n) is 7.70. The highest BCUT2D eigenvalue weighted by atomic mass is 32.1. The van der Waals surface area contributed by atoms with Crippen molar-refractivity contribution >= 4 is 28.7 Å². The number of nitrogens with zero attached hydrogens (tertiary/aromatic N) is 7. The van der Waals surface area contributed by atoms with E-state index < -0.39 is 0 Å². The van der Waals surface area contributed by atoms with Gasteiger partial charge in [0.15, 0.2) is 11.6 Å². The Morgan fingerprint density at radius 2 is 2.06 bits per heavy atom. The fourth-order valence-corrected chi connectivity index (χ4v) is 4.45. The lowest BCUT2D eigenvalue weighted by Crippen LogP contribution is -2.41. The van der Waals surface area contributed by atoms with Crippen LogP contribution in [0.4, 0.5) is 11.5 Å². The number of rotatable bonds is 5. The number of anilines is 2. The molecule has 1 atom stereocenters. The van der Waals surface area contributed by atoms with E-state index in [4.69, 9.17) is 0 Å². The monoisotopic (exact) mass is 446 g/mol. The topological polar surface area (TPSA) is 102 Å². The third-order valence-corrected chi connectivity index (χ3v) is 6.22. The summed E-state index contributed by atoms with van der Waals surface area (Å²) in [7, 11) is 0. The predicted molar refractivity (Wildman–Crippen MR) is 123 cm³/mol. The number of benzene rings is 1. The molecule has 0 radical (unpaired) electrons. The molecule has 5 rings (SSSR count). The van der Waals surface area contributed by atoms with Crippen LogP contribution in [0.25, 0.3) is 17.1 Å². The molecule has 162 valence electrons. The number of aromatic nitrogens is 6. The highest BCUT2D eigenvalue weighted by Crippen LogP contribution is 2.26. The summed E-state index contributed by atoms with van der Waals surface area (Å²) in [5.41, 5.74) is 2.72. The van der Waals surface area contributed by atoms with Crippen molar-refractivity contribution in [1.82, 2.24) is 29.9 Å². The average molecular weight is 447 g/mol. The first-order valence-corrected chi connectivity index (χ1v) is 11.3. The third kappa shape index (κ3) is 4.35. The maximum Gasteiger partial charge on any atom is 0.229 e. The van der Waals surface area contributed by atoms with Crippen molar-refractivity contribution in [2.45, 2.75) is 19.8 Å². The summed E-state index contributed by atoms with van der Waals surface area (Å²) in [4.78, 5) is 23.6. The summed E-state index contributed by atoms with van der Waals surface area (Å²) >= 11 is 1.62. The zero-order chi connectivity index (χ0) is 21.9. The van der Waals surface area contributed by atoms with Gasteiger partial charge < -0.3 is 10.2 Å². The number of carbonyl (C=O) groups is 1. The van der Waals surface area contributed by atoms with Crippen LogP contribution >= 0.6 is 11.3 Å². The maximum absolute atomic E-state index is 13.0. The van der Waals surface area contributed by atoms with E-state index in [1.165, 1.54) is 6.33 Å². The molecule has 10 heteroatoms. The average Bonchev–Trinajstić information content (AvgIpc) is 3.52. The Bertz CT molecular complexity index is 1200. The smallest absolute Gasteiger partial charge is 0.229 e. The van der Waals surface area contributed by atoms with Crippen molar-refractivity contribution in [3.63, 3.8) is 0 Å². The molecule has 9 nitrogen and oxygen atoms in total. The van der Waals surface area contributed by atoms with E-state index in [2.05, 4.69) is 35.5 Å². The van der Waals surface area contributed by atoms with E-state index in [0.717, 1.165) is 47.2 Å². The fraction of sp³-hybridized carbons (Fsp3) is 0.273. The first kappa shape index (κ1) is 20.3. The summed E-state index contributed by atoms with van der Waals surface area (Å²) in [6.07, 6.45) is 4.80. The van der Waals surface area contributed by atoms with Crippen LogP contribution in [0.15, 0.2) is 54.4 Å². The van der Waals surface area contributed by atoms with Gasteiger partial charge in [-0.25, -0.2) is 14.6 Å². The Morgan fingerprint density at radius 3 is 2.81 bits per heavy atom. The highest BCUT2D eigenvalue weighted by Gasteiger charge is 2.27. The molecule has 1 aliphatic heterocycles. The van der Waals surface area contributed by atoms with Crippen LogP contribution in [0.1, 0.15) is 17.8 Å². The minimum atomic E-state index is -0.120. The van der Waals surface area contributed by atoms with Gasteiger partial charge in [-0.05, 0) is 44.0 Å². The number of hydrogen-bond acceptors (Lipinski definition) is 8. The van der Waals surface area contributed by atoms with E-state index in [1.54, 1.807) is 22.3 Å². The molecule has 1 saturated heterocycles. The maximum atomic E-state index is 13.0. The van der Waals surface area contributed by atoms with Crippen molar-refractivity contribution in [1.29, 1.82) is 0 Å². The molecule has 0 spiro atoms. The molecule has 0 bridgehead atoms. The summed E-state index contributed by atoms with van der Waals surface area (Å²) in [6.45, 7) is 3.44. The van der Waals surface area contributed by atoms with E-state index in [1.807, 2.05) is 48.7 Å². The van der Waals surface area contributed by atoms with Gasteiger partial charge in [0, 0.05) is 29.7 Å². The predicted octanol–water partition coefficient (Wildman–Crippen LogP) is 3.34. The molecule has 1 aliphatic rings. The number of hydrogen-bond donors (Lipinski definition) is 1. The molecular weight excluding hydrogens is 424 g/mol. The number of thiazole rings is 1. The van der Waals surface area contributed by atoms with Crippen LogP contribution in [0, 0.1) is 12.8 Å². The zero-order valence-corrected chi connectivity index (χ0v) is 18.4. The number of aryl methyl sites for hydroxylation is 1. The zero-order valence-electron chi connectivity index (χ0n) is 17.5. The van der Waals surface area contributed by atoms with Gasteiger partial charge in [0.1, 0.15) is 12.7 Å². The van der Waals surface area contributed by atoms with Gasteiger partial charge >= 0.3 is 0 Å². The molecule has 1 aromatic carbocycles. The molecular formula is C22H22N8OS. The second-order valence-corrected chi connectivity index (χ2v) is 8.76. The fourth-order valence-electron chi connectivity index (χ4n) is 3.83. The molecule has 1 N–H and O–H groups in total. The SMILES string of the molecule is Cc1nc(-c2cccc(NC(=O)C3CCCN(c4ccc(-n5cncn5)nn4)C3)c2)cs1. The minimum absolute atomic E-state index is 0.0218. The molecule has 4 aromatic rings. The Hall–Kier alpha value is -3.66.